The quantitative estimate of drug-likeness (QED) is 0.0464. The highest BCUT2D eigenvalue weighted by Crippen LogP contribution is 2.43. The molecule has 24 heteroatoms. The molecular formula is C36H59O24+. The monoisotopic (exact) mass is 875 g/mol. The number of aliphatic carboxylic acids is 1. The molecule has 0 amide bonds. The van der Waals surface area contributed by atoms with Crippen molar-refractivity contribution in [3.05, 3.63) is 0 Å². The SMILES string of the molecule is O=C(O)CC(=O)OCC1OC(OC2CC3C(O)CC(O)CC3[OH+]C2C2CCC(OC3OC(CO)C(O)C(O)C3O)C(O)C2)C(O)C(OC2OC(CO)C(O)C(O)C2O)C1O. The van der Waals surface area contributed by atoms with E-state index >= 15 is 0 Å². The molecule has 0 aromatic carbocycles. The third kappa shape index (κ3) is 10.4. The Bertz CT molecular complexity index is 1410. The van der Waals surface area contributed by atoms with Crippen LogP contribution >= 0.6 is 0 Å². The lowest BCUT2D eigenvalue weighted by molar-refractivity contribution is -0.379. The van der Waals surface area contributed by atoms with Gasteiger partial charge in [-0.3, -0.25) is 9.59 Å². The minimum Gasteiger partial charge on any atom is -0.481 e. The Kier molecular flexibility index (Phi) is 16.1. The Morgan fingerprint density at radius 2 is 1.15 bits per heavy atom. The predicted octanol–water partition coefficient (Wildman–Crippen LogP) is -7.83. The zero-order valence-electron chi connectivity index (χ0n) is 32.3. The summed E-state index contributed by atoms with van der Waals surface area (Å²) in [6.45, 7) is -2.31. The van der Waals surface area contributed by atoms with Gasteiger partial charge < -0.3 is 109 Å². The number of rotatable bonds is 13. The Hall–Kier alpha value is -1.86. The highest BCUT2D eigenvalue weighted by Gasteiger charge is 2.57. The van der Waals surface area contributed by atoms with Gasteiger partial charge in [0.1, 0.15) is 92.4 Å². The van der Waals surface area contributed by atoms with Gasteiger partial charge in [-0.1, -0.05) is 0 Å². The standard InChI is InChI=1S/C36H58O24/c37-8-19-24(45)27(48)29(50)34(57-19)55-16-2-1-11(3-15(16)41)32-18(6-13-14(40)4-12(39)5-17(13)54-32)56-36-31(52)33(26(47)21(59-36)10-53-23(44)7-22(42)43)60-35-30(51)28(49)25(46)20(9-38)58-35/h11-21,24-41,45-52H,1-10H2,(H,42,43)/p+1. The molecule has 6 aliphatic rings. The number of hydrogen-bond donors (Lipinski definition) is 14. The molecule has 24 atom stereocenters. The second kappa shape index (κ2) is 20.3. The van der Waals surface area contributed by atoms with Crippen molar-refractivity contribution in [2.24, 2.45) is 11.8 Å². The van der Waals surface area contributed by atoms with Gasteiger partial charge in [-0.25, -0.2) is 0 Å². The van der Waals surface area contributed by atoms with Gasteiger partial charge in [0.25, 0.3) is 0 Å². The summed E-state index contributed by atoms with van der Waals surface area (Å²) in [5, 5.41) is 146. The summed E-state index contributed by atoms with van der Waals surface area (Å²) < 4.78 is 44.8. The van der Waals surface area contributed by atoms with Crippen molar-refractivity contribution in [1.29, 1.82) is 0 Å². The third-order valence-electron chi connectivity index (χ3n) is 12.5. The van der Waals surface area contributed by atoms with Crippen molar-refractivity contribution in [1.82, 2.24) is 0 Å². The van der Waals surface area contributed by atoms with Crippen LogP contribution in [0.5, 0.6) is 0 Å². The fourth-order valence-electron chi connectivity index (χ4n) is 9.17. The first-order chi connectivity index (χ1) is 28.4. The average Bonchev–Trinajstić information content (AvgIpc) is 3.20. The number of esters is 1. The van der Waals surface area contributed by atoms with E-state index < -0.39 is 185 Å². The molecule has 4 heterocycles. The lowest BCUT2D eigenvalue weighted by atomic mass is 9.72. The molecule has 4 aliphatic heterocycles. The maximum atomic E-state index is 12.2. The molecule has 0 spiro atoms. The van der Waals surface area contributed by atoms with E-state index in [4.69, 9.17) is 43.0 Å². The Morgan fingerprint density at radius 3 is 1.73 bits per heavy atom. The smallest absolute Gasteiger partial charge is 0.317 e. The molecule has 60 heavy (non-hydrogen) atoms. The van der Waals surface area contributed by atoms with Crippen LogP contribution in [0, 0.1) is 11.8 Å². The number of ether oxygens (including phenoxy) is 8. The second-order valence-electron chi connectivity index (χ2n) is 16.6. The summed E-state index contributed by atoms with van der Waals surface area (Å²) in [7, 11) is 0. The van der Waals surface area contributed by atoms with Gasteiger partial charge in [-0.2, -0.15) is 0 Å². The maximum Gasteiger partial charge on any atom is 0.317 e. The largest absolute Gasteiger partial charge is 0.481 e. The van der Waals surface area contributed by atoms with Gasteiger partial charge in [0.05, 0.1) is 43.5 Å². The molecule has 24 unspecified atom stereocenters. The van der Waals surface area contributed by atoms with E-state index in [9.17, 15) is 76.0 Å². The molecule has 4 saturated heterocycles. The van der Waals surface area contributed by atoms with Crippen LogP contribution in [0.1, 0.15) is 44.9 Å². The normalized spacial score (nSPS) is 50.1. The minimum atomic E-state index is -1.97. The minimum absolute atomic E-state index is 0.0103. The van der Waals surface area contributed by atoms with Crippen LogP contribution in [0.4, 0.5) is 0 Å². The van der Waals surface area contributed by atoms with Crippen LogP contribution < -0.4 is 0 Å². The molecule has 0 aromatic rings. The van der Waals surface area contributed by atoms with Crippen molar-refractivity contribution in [2.45, 2.75) is 180 Å². The summed E-state index contributed by atoms with van der Waals surface area (Å²) in [5.41, 5.74) is 0. The first-order valence-electron chi connectivity index (χ1n) is 20.1. The van der Waals surface area contributed by atoms with Gasteiger partial charge in [-0.05, 0) is 25.7 Å². The Balaban J connectivity index is 1.22. The lowest BCUT2D eigenvalue weighted by Crippen LogP contribution is -2.66. The van der Waals surface area contributed by atoms with Crippen molar-refractivity contribution >= 4 is 11.9 Å². The first-order valence-corrected chi connectivity index (χ1v) is 20.1. The van der Waals surface area contributed by atoms with Crippen LogP contribution in [0.3, 0.4) is 0 Å². The van der Waals surface area contributed by atoms with E-state index in [0.29, 0.717) is 6.42 Å². The van der Waals surface area contributed by atoms with Gasteiger partial charge >= 0.3 is 11.9 Å². The van der Waals surface area contributed by atoms with E-state index in [-0.39, 0.29) is 32.1 Å². The number of aliphatic hydroxyl groups excluding tert-OH is 13. The topological polar surface area (TPSA) is 395 Å². The number of carbonyl (C=O) groups is 2. The number of aliphatic hydroxyl groups is 15. The predicted molar refractivity (Wildman–Crippen MR) is 189 cm³/mol. The molecule has 6 rings (SSSR count). The maximum absolute atomic E-state index is 12.2. The number of carboxylic acid groups (broad SMARTS) is 1. The van der Waals surface area contributed by atoms with E-state index in [1.54, 1.807) is 0 Å². The molecule has 0 radical (unpaired) electrons. The lowest BCUT2D eigenvalue weighted by Gasteiger charge is -2.49. The van der Waals surface area contributed by atoms with Gasteiger partial charge in [-0.15, -0.1) is 0 Å². The summed E-state index contributed by atoms with van der Waals surface area (Å²) >= 11 is 0. The molecule has 0 bridgehead atoms. The summed E-state index contributed by atoms with van der Waals surface area (Å²) in [6, 6.07) is 0. The van der Waals surface area contributed by atoms with Crippen molar-refractivity contribution in [3.63, 3.8) is 0 Å². The average molecular weight is 876 g/mol. The molecule has 15 N–H and O–H groups in total. The van der Waals surface area contributed by atoms with Crippen LogP contribution in [0.15, 0.2) is 0 Å². The van der Waals surface area contributed by atoms with Crippen molar-refractivity contribution in [2.75, 3.05) is 19.8 Å². The van der Waals surface area contributed by atoms with E-state index in [1.807, 2.05) is 0 Å². The van der Waals surface area contributed by atoms with Crippen LogP contribution in [0.25, 0.3) is 0 Å². The second-order valence-corrected chi connectivity index (χ2v) is 16.6. The van der Waals surface area contributed by atoms with Crippen LogP contribution in [-0.4, -0.2) is 243 Å². The van der Waals surface area contributed by atoms with E-state index in [0.717, 1.165) is 0 Å². The fraction of sp³-hybridized carbons (Fsp3) is 0.944. The first kappa shape index (κ1) is 47.6. The van der Waals surface area contributed by atoms with Gasteiger partial charge in [0, 0.05) is 18.8 Å². The Labute approximate surface area is 342 Å². The summed E-state index contributed by atoms with van der Waals surface area (Å²) in [6.07, 6.45) is -32.5. The van der Waals surface area contributed by atoms with Crippen LogP contribution in [-0.2, 0) is 42.7 Å². The van der Waals surface area contributed by atoms with E-state index in [2.05, 4.69) is 0 Å². The third-order valence-corrected chi connectivity index (χ3v) is 12.5. The number of carboxylic acids is 1. The number of hydrogen-bond acceptors (Lipinski definition) is 22. The number of fused-ring (bicyclic) bond motifs is 1. The van der Waals surface area contributed by atoms with Gasteiger partial charge in [0.15, 0.2) is 31.1 Å². The highest BCUT2D eigenvalue weighted by atomic mass is 16.7. The molecular weight excluding hydrogens is 816 g/mol. The molecule has 2 saturated carbocycles. The van der Waals surface area contributed by atoms with Crippen molar-refractivity contribution in [3.8, 4) is 0 Å². The summed E-state index contributed by atoms with van der Waals surface area (Å²) in [5.74, 6) is -3.75. The van der Waals surface area contributed by atoms with Gasteiger partial charge in [0.2, 0.25) is 0 Å². The summed E-state index contributed by atoms with van der Waals surface area (Å²) in [4.78, 5) is 23.3. The molecule has 24 nitrogen and oxygen atoms in total. The Morgan fingerprint density at radius 1 is 0.583 bits per heavy atom. The zero-order valence-corrected chi connectivity index (χ0v) is 32.3. The zero-order chi connectivity index (χ0) is 43.7. The fourth-order valence-corrected chi connectivity index (χ4v) is 9.17. The molecule has 6 fully saturated rings. The highest BCUT2D eigenvalue weighted by molar-refractivity contribution is 5.90. The molecule has 346 valence electrons. The number of carbonyl (C=O) groups excluding carboxylic acids is 1. The van der Waals surface area contributed by atoms with E-state index in [1.165, 1.54) is 0 Å². The van der Waals surface area contributed by atoms with Crippen LogP contribution in [0.2, 0.25) is 0 Å². The van der Waals surface area contributed by atoms with Crippen molar-refractivity contribution < 1.29 is 119 Å². The molecule has 2 aliphatic carbocycles. The molecule has 0 aromatic heterocycles.